The third-order valence-electron chi connectivity index (χ3n) is 5.05. The van der Waals surface area contributed by atoms with Crippen LogP contribution in [0.1, 0.15) is 61.8 Å². The first-order valence-corrected chi connectivity index (χ1v) is 9.92. The van der Waals surface area contributed by atoms with Gasteiger partial charge in [-0.2, -0.15) is 4.58 Å². The summed E-state index contributed by atoms with van der Waals surface area (Å²) in [5, 5.41) is 12.4. The molecule has 0 aromatic heterocycles. The fourth-order valence-electron chi connectivity index (χ4n) is 3.50. The fraction of sp³-hybridized carbons (Fsp3) is 0.333. The van der Waals surface area contributed by atoms with E-state index in [9.17, 15) is 5.11 Å². The second kappa shape index (κ2) is 8.53. The van der Waals surface area contributed by atoms with Gasteiger partial charge in [0.05, 0.1) is 5.69 Å². The third-order valence-corrected chi connectivity index (χ3v) is 5.05. The molecule has 0 spiro atoms. The minimum atomic E-state index is 0.00804. The molecule has 0 aliphatic carbocycles. The van der Waals surface area contributed by atoms with Crippen molar-refractivity contribution in [2.24, 2.45) is 4.99 Å². The van der Waals surface area contributed by atoms with Gasteiger partial charge in [-0.25, -0.2) is 4.90 Å². The lowest BCUT2D eigenvalue weighted by molar-refractivity contribution is -0.763. The van der Waals surface area contributed by atoms with Gasteiger partial charge in [0, 0.05) is 11.8 Å². The monoisotopic (exact) mass is 376 g/mol. The largest absolute Gasteiger partial charge is 0.872 e. The van der Waals surface area contributed by atoms with Crippen molar-refractivity contribution in [1.29, 1.82) is 0 Å². The second-order valence-electron chi connectivity index (χ2n) is 8.09. The van der Waals surface area contributed by atoms with Crippen LogP contribution in [0.25, 0.3) is 0 Å². The summed E-state index contributed by atoms with van der Waals surface area (Å²) in [5.74, 6) is 0.762. The summed E-state index contributed by atoms with van der Waals surface area (Å²) in [5.41, 5.74) is 5.20. The first-order chi connectivity index (χ1) is 13.3. The number of benzene rings is 2. The number of aliphatic imine (C=N–C) groups is 1. The molecule has 0 amide bonds. The molecule has 1 unspecified atom stereocenters. The standard InChI is InChI=1S/C24H29N3O/c1-17(2)21-7-6-8-22(18(3)4)24(21)25-14-20-13-19(9-10-23(20)28)15-27-12-11-26(5)16-27/h6-14,16-18H,15H2,1-5H3/p+1. The van der Waals surface area contributed by atoms with Gasteiger partial charge in [-0.1, -0.05) is 58.0 Å². The molecule has 146 valence electrons. The lowest BCUT2D eigenvalue weighted by atomic mass is 9.93. The molecule has 0 saturated heterocycles. The zero-order valence-corrected chi connectivity index (χ0v) is 17.4. The summed E-state index contributed by atoms with van der Waals surface area (Å²) < 4.78 is 2.04. The molecule has 3 rings (SSSR count). The summed E-state index contributed by atoms with van der Waals surface area (Å²) in [6.45, 7) is 9.52. The number of nitrogens with one attached hydrogen (secondary N) is 1. The topological polar surface area (TPSA) is 42.9 Å². The van der Waals surface area contributed by atoms with E-state index in [1.165, 1.54) is 16.0 Å². The van der Waals surface area contributed by atoms with E-state index in [1.807, 2.05) is 30.0 Å². The number of para-hydroxylation sites is 1. The Hall–Kier alpha value is -2.72. The molecular formula is C24H30N3O+. The van der Waals surface area contributed by atoms with Crippen molar-refractivity contribution >= 4 is 18.2 Å². The zero-order chi connectivity index (χ0) is 20.3. The van der Waals surface area contributed by atoms with Gasteiger partial charge in [-0.15, -0.1) is 5.75 Å². The van der Waals surface area contributed by atoms with Crippen LogP contribution in [0.3, 0.4) is 0 Å². The Bertz CT molecular complexity index is 913. The van der Waals surface area contributed by atoms with Gasteiger partial charge in [0.25, 0.3) is 0 Å². The molecular weight excluding hydrogens is 346 g/mol. The van der Waals surface area contributed by atoms with Gasteiger partial charge in [-0.3, -0.25) is 4.99 Å². The molecule has 4 nitrogen and oxygen atoms in total. The van der Waals surface area contributed by atoms with Crippen LogP contribution in [-0.4, -0.2) is 24.2 Å². The number of nitrogens with zero attached hydrogens (tertiary/aromatic N) is 2. The Morgan fingerprint density at radius 2 is 1.75 bits per heavy atom. The summed E-state index contributed by atoms with van der Waals surface area (Å²) in [6, 6.07) is 11.9. The summed E-state index contributed by atoms with van der Waals surface area (Å²) in [6.07, 6.45) is 7.99. The Balaban J connectivity index is 1.92. The van der Waals surface area contributed by atoms with Gasteiger partial charge < -0.3 is 5.11 Å². The molecule has 0 radical (unpaired) electrons. The van der Waals surface area contributed by atoms with E-state index >= 15 is 0 Å². The van der Waals surface area contributed by atoms with Gasteiger partial charge in [0.1, 0.15) is 13.6 Å². The van der Waals surface area contributed by atoms with Crippen molar-refractivity contribution in [2.45, 2.75) is 46.1 Å². The highest BCUT2D eigenvalue weighted by Gasteiger charge is 2.15. The van der Waals surface area contributed by atoms with Crippen molar-refractivity contribution in [3.8, 4) is 5.75 Å². The summed E-state index contributed by atoms with van der Waals surface area (Å²) >= 11 is 0. The fourth-order valence-corrected chi connectivity index (χ4v) is 3.50. The Morgan fingerprint density at radius 1 is 1.07 bits per heavy atom. The summed E-state index contributed by atoms with van der Waals surface area (Å²) in [7, 11) is 2.01. The number of hydrogen-bond donors (Lipinski definition) is 1. The van der Waals surface area contributed by atoms with Crippen molar-refractivity contribution < 1.29 is 14.6 Å². The van der Waals surface area contributed by atoms with Crippen LogP contribution in [0.15, 0.2) is 53.8 Å². The molecule has 0 bridgehead atoms. The predicted octanol–water partition coefficient (Wildman–Crippen LogP) is 3.30. The molecule has 1 N–H and O–H groups in total. The van der Waals surface area contributed by atoms with E-state index < -0.39 is 0 Å². The summed E-state index contributed by atoms with van der Waals surface area (Å²) in [4.78, 5) is 6.04. The molecule has 28 heavy (non-hydrogen) atoms. The van der Waals surface area contributed by atoms with E-state index in [0.29, 0.717) is 17.4 Å². The highest BCUT2D eigenvalue weighted by molar-refractivity contribution is 5.86. The molecule has 1 aliphatic rings. The average Bonchev–Trinajstić information content (AvgIpc) is 3.06. The highest BCUT2D eigenvalue weighted by atomic mass is 16.3. The highest BCUT2D eigenvalue weighted by Crippen LogP contribution is 2.34. The molecule has 2 aromatic rings. The van der Waals surface area contributed by atoms with Crippen LogP contribution in [0.4, 0.5) is 5.69 Å². The molecule has 1 heterocycles. The van der Waals surface area contributed by atoms with E-state index in [4.69, 9.17) is 4.99 Å². The number of rotatable bonds is 6. The molecule has 0 saturated carbocycles. The first kappa shape index (κ1) is 20.0. The smallest absolute Gasteiger partial charge is 0.335 e. The SMILES string of the molecule is CC(C)c1cccc(C(C)C)c1N=Cc1cc(C[NH+]2C=C[N+](C)=C2)ccc1[O-]. The molecule has 1 aliphatic heterocycles. The van der Waals surface area contributed by atoms with Gasteiger partial charge in [0.2, 0.25) is 6.20 Å². The predicted molar refractivity (Wildman–Crippen MR) is 114 cm³/mol. The van der Waals surface area contributed by atoms with Crippen LogP contribution in [0.5, 0.6) is 5.75 Å². The Morgan fingerprint density at radius 3 is 2.32 bits per heavy atom. The molecule has 2 aromatic carbocycles. The Kier molecular flexibility index (Phi) is 6.10. The van der Waals surface area contributed by atoms with Gasteiger partial charge in [-0.05, 0) is 34.6 Å². The van der Waals surface area contributed by atoms with Crippen LogP contribution in [0, 0.1) is 0 Å². The van der Waals surface area contributed by atoms with E-state index in [1.54, 1.807) is 12.3 Å². The zero-order valence-electron chi connectivity index (χ0n) is 17.4. The van der Waals surface area contributed by atoms with Crippen LogP contribution in [0.2, 0.25) is 0 Å². The van der Waals surface area contributed by atoms with Crippen molar-refractivity contribution in [1.82, 2.24) is 0 Å². The van der Waals surface area contributed by atoms with Crippen molar-refractivity contribution in [3.05, 3.63) is 71.1 Å². The van der Waals surface area contributed by atoms with Gasteiger partial charge in [0.15, 0.2) is 6.20 Å². The lowest BCUT2D eigenvalue weighted by Gasteiger charge is -2.17. The minimum absolute atomic E-state index is 0.00804. The average molecular weight is 377 g/mol. The third kappa shape index (κ3) is 4.57. The molecule has 1 atom stereocenters. The Labute approximate surface area is 168 Å². The second-order valence-corrected chi connectivity index (χ2v) is 8.09. The normalized spacial score (nSPS) is 16.5. The minimum Gasteiger partial charge on any atom is -0.872 e. The lowest BCUT2D eigenvalue weighted by Crippen LogP contribution is -3.04. The quantitative estimate of drug-likeness (QED) is 0.610. The van der Waals surface area contributed by atoms with Crippen LogP contribution in [-0.2, 0) is 6.54 Å². The first-order valence-electron chi connectivity index (χ1n) is 9.92. The maximum Gasteiger partial charge on any atom is 0.335 e. The van der Waals surface area contributed by atoms with Crippen LogP contribution < -0.4 is 10.0 Å². The maximum absolute atomic E-state index is 12.4. The van der Waals surface area contributed by atoms with Crippen LogP contribution >= 0.6 is 0 Å². The molecule has 4 heteroatoms. The van der Waals surface area contributed by atoms with Gasteiger partial charge >= 0.3 is 6.34 Å². The van der Waals surface area contributed by atoms with Crippen molar-refractivity contribution in [2.75, 3.05) is 7.05 Å². The van der Waals surface area contributed by atoms with E-state index in [0.717, 1.165) is 17.8 Å². The molecule has 0 fully saturated rings. The number of hydrogen-bond acceptors (Lipinski definition) is 2. The maximum atomic E-state index is 12.4. The van der Waals surface area contributed by atoms with E-state index in [2.05, 4.69) is 58.4 Å². The number of quaternary nitrogens is 1. The van der Waals surface area contributed by atoms with Crippen molar-refractivity contribution in [3.63, 3.8) is 0 Å². The van der Waals surface area contributed by atoms with E-state index in [-0.39, 0.29) is 5.75 Å².